The van der Waals surface area contributed by atoms with Gasteiger partial charge in [0.1, 0.15) is 11.5 Å². The Hall–Kier alpha value is -1.97. The first-order valence-electron chi connectivity index (χ1n) is 6.82. The standard InChI is InChI=1S/C16H22O4/c1-4-12(5-2)11-20-15-8-7-14(19-3)10-13(15)6-9-16(17)18/h6-10,12H,4-5,11H2,1-3H3,(H,17,18)/b9-6+. The van der Waals surface area contributed by atoms with E-state index < -0.39 is 5.97 Å². The summed E-state index contributed by atoms with van der Waals surface area (Å²) in [5.41, 5.74) is 0.706. The smallest absolute Gasteiger partial charge is 0.328 e. The second-order valence-corrected chi connectivity index (χ2v) is 4.57. The fourth-order valence-electron chi connectivity index (χ4n) is 1.81. The number of carboxylic acid groups (broad SMARTS) is 1. The van der Waals surface area contributed by atoms with Crippen molar-refractivity contribution in [2.45, 2.75) is 26.7 Å². The number of aliphatic carboxylic acids is 1. The van der Waals surface area contributed by atoms with Gasteiger partial charge in [-0.1, -0.05) is 26.7 Å². The Bertz CT molecular complexity index is 462. The molecule has 0 unspecified atom stereocenters. The summed E-state index contributed by atoms with van der Waals surface area (Å²) in [5.74, 6) is 0.868. The van der Waals surface area contributed by atoms with Crippen molar-refractivity contribution in [3.05, 3.63) is 29.8 Å². The third kappa shape index (κ3) is 4.96. The second kappa shape index (κ2) is 8.25. The summed E-state index contributed by atoms with van der Waals surface area (Å²) in [5, 5.41) is 8.73. The first-order chi connectivity index (χ1) is 9.60. The van der Waals surface area contributed by atoms with Gasteiger partial charge in [-0.15, -0.1) is 0 Å². The molecule has 110 valence electrons. The molecule has 4 nitrogen and oxygen atoms in total. The van der Waals surface area contributed by atoms with Crippen molar-refractivity contribution >= 4 is 12.0 Å². The largest absolute Gasteiger partial charge is 0.497 e. The monoisotopic (exact) mass is 278 g/mol. The van der Waals surface area contributed by atoms with Crippen LogP contribution in [0.5, 0.6) is 11.5 Å². The summed E-state index contributed by atoms with van der Waals surface area (Å²) in [4.78, 5) is 10.6. The van der Waals surface area contributed by atoms with Gasteiger partial charge in [0.25, 0.3) is 0 Å². The molecule has 0 heterocycles. The van der Waals surface area contributed by atoms with Gasteiger partial charge in [0, 0.05) is 11.6 Å². The van der Waals surface area contributed by atoms with Crippen LogP contribution in [0.4, 0.5) is 0 Å². The van der Waals surface area contributed by atoms with Gasteiger partial charge in [-0.25, -0.2) is 4.79 Å². The van der Waals surface area contributed by atoms with E-state index in [1.165, 1.54) is 6.08 Å². The van der Waals surface area contributed by atoms with E-state index in [0.717, 1.165) is 18.9 Å². The first-order valence-corrected chi connectivity index (χ1v) is 6.82. The van der Waals surface area contributed by atoms with Crippen molar-refractivity contribution < 1.29 is 19.4 Å². The fourth-order valence-corrected chi connectivity index (χ4v) is 1.81. The van der Waals surface area contributed by atoms with Crippen LogP contribution >= 0.6 is 0 Å². The molecule has 0 aliphatic carbocycles. The van der Waals surface area contributed by atoms with Gasteiger partial charge in [-0.3, -0.25) is 0 Å². The maximum absolute atomic E-state index is 10.6. The van der Waals surface area contributed by atoms with Crippen molar-refractivity contribution in [2.24, 2.45) is 5.92 Å². The lowest BCUT2D eigenvalue weighted by atomic mass is 10.1. The van der Waals surface area contributed by atoms with Gasteiger partial charge < -0.3 is 14.6 Å². The number of hydrogen-bond acceptors (Lipinski definition) is 3. The Labute approximate surface area is 120 Å². The molecule has 0 aliphatic heterocycles. The highest BCUT2D eigenvalue weighted by atomic mass is 16.5. The topological polar surface area (TPSA) is 55.8 Å². The molecule has 0 aromatic heterocycles. The minimum atomic E-state index is -0.987. The maximum atomic E-state index is 10.6. The fraction of sp³-hybridized carbons (Fsp3) is 0.438. The van der Waals surface area contributed by atoms with Crippen LogP contribution in [0.2, 0.25) is 0 Å². The SMILES string of the molecule is CCC(CC)COc1ccc(OC)cc1/C=C/C(=O)O. The van der Waals surface area contributed by atoms with E-state index in [2.05, 4.69) is 13.8 Å². The van der Waals surface area contributed by atoms with E-state index in [-0.39, 0.29) is 0 Å². The van der Waals surface area contributed by atoms with Crippen LogP contribution in [-0.2, 0) is 4.79 Å². The molecular formula is C16H22O4. The third-order valence-corrected chi connectivity index (χ3v) is 3.25. The van der Waals surface area contributed by atoms with Crippen LogP contribution in [-0.4, -0.2) is 24.8 Å². The maximum Gasteiger partial charge on any atom is 0.328 e. The molecule has 1 aromatic carbocycles. The number of hydrogen-bond donors (Lipinski definition) is 1. The number of carboxylic acids is 1. The zero-order valence-corrected chi connectivity index (χ0v) is 12.3. The average molecular weight is 278 g/mol. The normalized spacial score (nSPS) is 11.0. The van der Waals surface area contributed by atoms with Gasteiger partial charge >= 0.3 is 5.97 Å². The minimum absolute atomic E-state index is 0.508. The van der Waals surface area contributed by atoms with Crippen LogP contribution in [0.3, 0.4) is 0 Å². The Balaban J connectivity index is 2.90. The summed E-state index contributed by atoms with van der Waals surface area (Å²) in [7, 11) is 1.57. The summed E-state index contributed by atoms with van der Waals surface area (Å²) in [6.07, 6.45) is 4.74. The van der Waals surface area contributed by atoms with Gasteiger partial charge in [0.15, 0.2) is 0 Å². The Kier molecular flexibility index (Phi) is 6.64. The number of methoxy groups -OCH3 is 1. The molecule has 1 rings (SSSR count). The highest BCUT2D eigenvalue weighted by Gasteiger charge is 2.08. The second-order valence-electron chi connectivity index (χ2n) is 4.57. The molecule has 1 aromatic rings. The average Bonchev–Trinajstić information content (AvgIpc) is 2.46. The van der Waals surface area contributed by atoms with Gasteiger partial charge in [0.2, 0.25) is 0 Å². The quantitative estimate of drug-likeness (QED) is 0.738. The zero-order chi connectivity index (χ0) is 15.0. The third-order valence-electron chi connectivity index (χ3n) is 3.25. The Morgan fingerprint density at radius 1 is 1.35 bits per heavy atom. The van der Waals surface area contributed by atoms with Crippen LogP contribution in [0.1, 0.15) is 32.3 Å². The van der Waals surface area contributed by atoms with Crippen molar-refractivity contribution in [3.63, 3.8) is 0 Å². The van der Waals surface area contributed by atoms with Gasteiger partial charge in [-0.05, 0) is 30.2 Å². The lowest BCUT2D eigenvalue weighted by Gasteiger charge is -2.15. The highest BCUT2D eigenvalue weighted by Crippen LogP contribution is 2.26. The highest BCUT2D eigenvalue weighted by molar-refractivity contribution is 5.86. The summed E-state index contributed by atoms with van der Waals surface area (Å²) in [6, 6.07) is 5.38. The lowest BCUT2D eigenvalue weighted by Crippen LogP contribution is -2.10. The predicted molar refractivity (Wildman–Crippen MR) is 79.2 cm³/mol. The Morgan fingerprint density at radius 3 is 2.60 bits per heavy atom. The van der Waals surface area contributed by atoms with Crippen molar-refractivity contribution in [1.82, 2.24) is 0 Å². The van der Waals surface area contributed by atoms with Crippen LogP contribution in [0.15, 0.2) is 24.3 Å². The summed E-state index contributed by atoms with van der Waals surface area (Å²) >= 11 is 0. The van der Waals surface area contributed by atoms with Crippen LogP contribution in [0, 0.1) is 5.92 Å². The number of ether oxygens (including phenoxy) is 2. The molecular weight excluding hydrogens is 256 g/mol. The molecule has 0 spiro atoms. The number of carbonyl (C=O) groups is 1. The van der Waals surface area contributed by atoms with Crippen LogP contribution in [0.25, 0.3) is 6.08 Å². The minimum Gasteiger partial charge on any atom is -0.497 e. The van der Waals surface area contributed by atoms with E-state index in [1.54, 1.807) is 19.2 Å². The van der Waals surface area contributed by atoms with Crippen molar-refractivity contribution in [1.29, 1.82) is 0 Å². The van der Waals surface area contributed by atoms with E-state index in [0.29, 0.717) is 29.6 Å². The Morgan fingerprint density at radius 2 is 2.05 bits per heavy atom. The molecule has 0 bridgehead atoms. The predicted octanol–water partition coefficient (Wildman–Crippen LogP) is 3.61. The first kappa shape index (κ1) is 16.1. The molecule has 0 aliphatic rings. The molecule has 0 fully saturated rings. The molecule has 0 saturated heterocycles. The van der Waals surface area contributed by atoms with Crippen LogP contribution < -0.4 is 9.47 Å². The molecule has 0 saturated carbocycles. The van der Waals surface area contributed by atoms with E-state index in [9.17, 15) is 4.79 Å². The molecule has 1 N–H and O–H groups in total. The zero-order valence-electron chi connectivity index (χ0n) is 12.3. The lowest BCUT2D eigenvalue weighted by molar-refractivity contribution is -0.131. The molecule has 0 atom stereocenters. The van der Waals surface area contributed by atoms with E-state index in [1.807, 2.05) is 6.07 Å². The van der Waals surface area contributed by atoms with Gasteiger partial charge in [-0.2, -0.15) is 0 Å². The van der Waals surface area contributed by atoms with Crippen molar-refractivity contribution in [2.75, 3.05) is 13.7 Å². The van der Waals surface area contributed by atoms with E-state index in [4.69, 9.17) is 14.6 Å². The molecule has 20 heavy (non-hydrogen) atoms. The number of benzene rings is 1. The molecule has 4 heteroatoms. The van der Waals surface area contributed by atoms with Gasteiger partial charge in [0.05, 0.1) is 13.7 Å². The van der Waals surface area contributed by atoms with E-state index >= 15 is 0 Å². The summed E-state index contributed by atoms with van der Waals surface area (Å²) < 4.78 is 11.0. The molecule has 0 amide bonds. The summed E-state index contributed by atoms with van der Waals surface area (Å²) in [6.45, 7) is 4.90. The number of rotatable bonds is 8. The van der Waals surface area contributed by atoms with Crippen molar-refractivity contribution in [3.8, 4) is 11.5 Å². The molecule has 0 radical (unpaired) electrons.